The van der Waals surface area contributed by atoms with Gasteiger partial charge in [0.15, 0.2) is 0 Å². The fourth-order valence-corrected chi connectivity index (χ4v) is 3.13. The van der Waals surface area contributed by atoms with Gasteiger partial charge in [-0.2, -0.15) is 0 Å². The number of pyridine rings is 1. The molecule has 0 atom stereocenters. The van der Waals surface area contributed by atoms with Crippen LogP contribution in [0.2, 0.25) is 0 Å². The fraction of sp³-hybridized carbons (Fsp3) is 0. The van der Waals surface area contributed by atoms with Crippen molar-refractivity contribution in [2.24, 2.45) is 0 Å². The molecule has 0 saturated carbocycles. The van der Waals surface area contributed by atoms with E-state index in [4.69, 9.17) is 20.9 Å². The van der Waals surface area contributed by atoms with Crippen LogP contribution in [-0.4, -0.2) is 39.9 Å². The van der Waals surface area contributed by atoms with Crippen LogP contribution in [0.3, 0.4) is 0 Å². The highest BCUT2D eigenvalue weighted by Crippen LogP contribution is 2.26. The number of nitrogens with zero attached hydrogens (tertiary/aromatic N) is 5. The first-order valence-corrected chi connectivity index (χ1v) is 8.15. The van der Waals surface area contributed by atoms with E-state index < -0.39 is 0 Å². The molecule has 118 valence electrons. The van der Waals surface area contributed by atoms with Gasteiger partial charge in [-0.15, -0.1) is 0 Å². The third-order valence-corrected chi connectivity index (χ3v) is 4.40. The zero-order valence-electron chi connectivity index (χ0n) is 13.7. The van der Waals surface area contributed by atoms with Gasteiger partial charge in [-0.3, -0.25) is 0 Å². The summed E-state index contributed by atoms with van der Waals surface area (Å²) in [5, 5.41) is 0. The smallest absolute Gasteiger partial charge is 0.237 e. The van der Waals surface area contributed by atoms with Crippen molar-refractivity contribution in [2.75, 3.05) is 0 Å². The third-order valence-electron chi connectivity index (χ3n) is 4.40. The molecule has 3 heterocycles. The Hall–Kier alpha value is -3.34. The van der Waals surface area contributed by atoms with Crippen LogP contribution < -0.4 is 0 Å². The van der Waals surface area contributed by atoms with Crippen molar-refractivity contribution >= 4 is 38.0 Å². The van der Waals surface area contributed by atoms with Crippen LogP contribution in [0.5, 0.6) is 0 Å². The summed E-state index contributed by atoms with van der Waals surface area (Å²) in [6.45, 7) is 0. The van der Waals surface area contributed by atoms with Gasteiger partial charge < -0.3 is 8.96 Å². The Kier molecular flexibility index (Phi) is 3.22. The predicted molar refractivity (Wildman–Crippen MR) is 104 cm³/mol. The van der Waals surface area contributed by atoms with Crippen LogP contribution in [0.25, 0.3) is 45.1 Å². The van der Waals surface area contributed by atoms with Crippen molar-refractivity contribution in [2.45, 2.75) is 0 Å². The maximum atomic E-state index is 6.22. The van der Waals surface area contributed by atoms with Gasteiger partial charge in [0.25, 0.3) is 0 Å². The molecule has 26 heavy (non-hydrogen) atoms. The number of imidazole rings is 2. The first kappa shape index (κ1) is 15.0. The Morgan fingerprint density at radius 1 is 0.538 bits per heavy atom. The second-order valence-electron chi connectivity index (χ2n) is 6.00. The molecule has 0 saturated heterocycles. The summed E-state index contributed by atoms with van der Waals surface area (Å²) in [7, 11) is 12.4. The van der Waals surface area contributed by atoms with Crippen molar-refractivity contribution in [1.29, 1.82) is 0 Å². The second kappa shape index (κ2) is 5.59. The Morgan fingerprint density at radius 2 is 1.00 bits per heavy atom. The molecule has 0 aliphatic rings. The lowest BCUT2D eigenvalue weighted by molar-refractivity contribution is 1.15. The van der Waals surface area contributed by atoms with Crippen molar-refractivity contribution < 1.29 is 0 Å². The lowest BCUT2D eigenvalue weighted by Crippen LogP contribution is -2.00. The number of aromatic nitrogens is 5. The fourth-order valence-electron chi connectivity index (χ4n) is 3.13. The molecule has 0 aliphatic heterocycles. The molecule has 0 N–H and O–H groups in total. The zero-order valence-corrected chi connectivity index (χ0v) is 13.7. The molecule has 5 rings (SSSR count). The molecule has 0 unspecified atom stereocenters. The largest absolute Gasteiger partial charge is 0.379 e. The maximum absolute atomic E-state index is 6.22. The quantitative estimate of drug-likeness (QED) is 0.467. The lowest BCUT2D eigenvalue weighted by Gasteiger charge is -2.06. The first-order valence-electron chi connectivity index (χ1n) is 8.15. The summed E-state index contributed by atoms with van der Waals surface area (Å²) in [6, 6.07) is 21.1. The van der Waals surface area contributed by atoms with Crippen LogP contribution in [0, 0.1) is 0 Å². The summed E-state index contributed by atoms with van der Waals surface area (Å²) >= 11 is 0. The minimum Gasteiger partial charge on any atom is -0.379 e. The summed E-state index contributed by atoms with van der Waals surface area (Å²) in [5.74, 6) is 1.18. The van der Waals surface area contributed by atoms with Crippen LogP contribution in [0.1, 0.15) is 0 Å². The first-order chi connectivity index (χ1) is 12.7. The summed E-state index contributed by atoms with van der Waals surface area (Å²) in [5.41, 5.74) is 4.66. The number of hydrogen-bond acceptors (Lipinski definition) is 3. The maximum Gasteiger partial charge on any atom is 0.237 e. The molecular formula is C19H11B2N5. The zero-order chi connectivity index (χ0) is 17.7. The second-order valence-corrected chi connectivity index (χ2v) is 6.00. The summed E-state index contributed by atoms with van der Waals surface area (Å²) in [4.78, 5) is 13.9. The van der Waals surface area contributed by atoms with Crippen LogP contribution in [0.15, 0.2) is 66.7 Å². The number of para-hydroxylation sites is 4. The van der Waals surface area contributed by atoms with E-state index >= 15 is 0 Å². The molecule has 0 fully saturated rings. The molecular weight excluding hydrogens is 320 g/mol. The van der Waals surface area contributed by atoms with Crippen LogP contribution >= 0.6 is 0 Å². The molecule has 2 aromatic carbocycles. The van der Waals surface area contributed by atoms with E-state index in [0.717, 1.165) is 22.1 Å². The van der Waals surface area contributed by atoms with Gasteiger partial charge in [0, 0.05) is 0 Å². The van der Waals surface area contributed by atoms with Crippen molar-refractivity contribution in [3.05, 3.63) is 66.7 Å². The Balaban J connectivity index is 1.69. The van der Waals surface area contributed by atoms with Gasteiger partial charge in [0.2, 0.25) is 16.0 Å². The number of benzene rings is 2. The Morgan fingerprint density at radius 3 is 1.46 bits per heavy atom. The normalized spacial score (nSPS) is 11.4. The Bertz CT molecular complexity index is 1180. The van der Waals surface area contributed by atoms with Gasteiger partial charge in [-0.05, 0) is 36.4 Å². The lowest BCUT2D eigenvalue weighted by atomic mass is 10.2. The van der Waals surface area contributed by atoms with E-state index in [2.05, 4.69) is 9.97 Å². The monoisotopic (exact) mass is 331 g/mol. The number of fused-ring (bicyclic) bond motifs is 2. The van der Waals surface area contributed by atoms with E-state index in [1.165, 1.54) is 0 Å². The summed E-state index contributed by atoms with van der Waals surface area (Å²) in [6.07, 6.45) is 0. The average Bonchev–Trinajstić information content (AvgIpc) is 3.20. The average molecular weight is 331 g/mol. The van der Waals surface area contributed by atoms with Crippen LogP contribution in [0.4, 0.5) is 0 Å². The minimum atomic E-state index is 0.590. The number of hydrogen-bond donors (Lipinski definition) is 0. The molecule has 0 aliphatic carbocycles. The standard InChI is InChI=1S/C19H11B2N5/c20-25-16-10-3-1-6-12(16)23-18(25)14-8-5-9-15(22-14)19-24-13-7-2-4-11-17(13)26(19)21/h1-11H. The molecule has 5 aromatic rings. The van der Waals surface area contributed by atoms with Gasteiger partial charge >= 0.3 is 0 Å². The minimum absolute atomic E-state index is 0.590. The molecule has 0 amide bonds. The van der Waals surface area contributed by atoms with E-state index in [1.807, 2.05) is 66.7 Å². The molecule has 7 heteroatoms. The third kappa shape index (κ3) is 2.17. The molecule has 3 aromatic heterocycles. The molecule has 5 nitrogen and oxygen atoms in total. The molecule has 4 radical (unpaired) electrons. The highest BCUT2D eigenvalue weighted by atomic mass is 15.1. The molecule has 0 bridgehead atoms. The SMILES string of the molecule is [B]n1c(-c2cccc(-c3nc4ccccc4n3[B])n2)nc2ccccc21. The van der Waals surface area contributed by atoms with E-state index in [0.29, 0.717) is 23.0 Å². The van der Waals surface area contributed by atoms with Crippen molar-refractivity contribution in [3.8, 4) is 23.0 Å². The van der Waals surface area contributed by atoms with E-state index in [-0.39, 0.29) is 0 Å². The highest BCUT2D eigenvalue weighted by molar-refractivity contribution is 6.14. The van der Waals surface area contributed by atoms with Gasteiger partial charge in [0.1, 0.15) is 23.0 Å². The summed E-state index contributed by atoms with van der Waals surface area (Å²) < 4.78 is 3.10. The topological polar surface area (TPSA) is 48.5 Å². The van der Waals surface area contributed by atoms with Crippen molar-refractivity contribution in [3.63, 3.8) is 0 Å². The Labute approximate surface area is 152 Å². The van der Waals surface area contributed by atoms with Crippen LogP contribution in [-0.2, 0) is 0 Å². The molecule has 0 spiro atoms. The van der Waals surface area contributed by atoms with Crippen molar-refractivity contribution in [1.82, 2.24) is 23.9 Å². The number of rotatable bonds is 2. The highest BCUT2D eigenvalue weighted by Gasteiger charge is 2.14. The van der Waals surface area contributed by atoms with E-state index in [9.17, 15) is 0 Å². The van der Waals surface area contributed by atoms with Gasteiger partial charge in [-0.1, -0.05) is 30.3 Å². The van der Waals surface area contributed by atoms with E-state index in [1.54, 1.807) is 8.96 Å². The van der Waals surface area contributed by atoms with Gasteiger partial charge in [-0.25, -0.2) is 15.0 Å². The predicted octanol–water partition coefficient (Wildman–Crippen LogP) is 2.98. The van der Waals surface area contributed by atoms with Gasteiger partial charge in [0.05, 0.1) is 22.1 Å².